The Morgan fingerprint density at radius 3 is 2.12 bits per heavy atom. The molecule has 10 heteroatoms. The molecule has 3 aromatic heterocycles. The van der Waals surface area contributed by atoms with E-state index >= 15 is 0 Å². The highest BCUT2D eigenvalue weighted by atomic mass is 16.5. The van der Waals surface area contributed by atoms with Crippen molar-refractivity contribution in [2.75, 3.05) is 13.7 Å². The van der Waals surface area contributed by atoms with Gasteiger partial charge in [0.05, 0.1) is 19.4 Å². The van der Waals surface area contributed by atoms with Gasteiger partial charge < -0.3 is 34.8 Å². The normalized spacial score (nSPS) is 22.1. The van der Waals surface area contributed by atoms with Crippen LogP contribution in [-0.2, 0) is 32.1 Å². The van der Waals surface area contributed by atoms with Crippen molar-refractivity contribution in [2.24, 2.45) is 35.5 Å². The number of ether oxygens (including phenoxy) is 2. The molecule has 3 aliphatic rings. The Hall–Kier alpha value is -4.83. The number of aliphatic hydroxyl groups excluding tert-OH is 1. The number of aromatic amines is 3. The third-order valence-electron chi connectivity index (χ3n) is 14.6. The predicted molar refractivity (Wildman–Crippen MR) is 257 cm³/mol. The zero-order valence-electron chi connectivity index (χ0n) is 40.7. The molecule has 0 spiro atoms. The van der Waals surface area contributed by atoms with Gasteiger partial charge >= 0.3 is 11.9 Å². The Kier molecular flexibility index (Phi) is 16.3. The SMILES string of the molecule is CCc1c(C)/c2[nH]/c1=C\c1[nH]c3c(c1C)C(=O)[C@H](C(=O)OC)/C3=C1/N/C(=C\c3[nH]c(c(CO)c3C)\C=2)[C@@H](C)[C@@H]1CCC(=O)OC/C=C(\C)CCC[C@H](C)CCC[C@H](C)CCCC(C)C. The van der Waals surface area contributed by atoms with E-state index in [4.69, 9.17) is 9.47 Å². The molecule has 0 unspecified atom stereocenters. The number of allylic oxidation sites excluding steroid dienone is 3. The zero-order valence-corrected chi connectivity index (χ0v) is 40.7. The number of aromatic nitrogens is 3. The second-order valence-electron chi connectivity index (χ2n) is 19.7. The van der Waals surface area contributed by atoms with E-state index in [2.05, 4.69) is 87.8 Å². The van der Waals surface area contributed by atoms with Gasteiger partial charge in [-0.2, -0.15) is 0 Å². The number of hydrogen-bond acceptors (Lipinski definition) is 7. The van der Waals surface area contributed by atoms with Crippen LogP contribution >= 0.6 is 0 Å². The van der Waals surface area contributed by atoms with Crippen LogP contribution in [0, 0.1) is 56.3 Å². The molecule has 0 saturated carbocycles. The average Bonchev–Trinajstić information content (AvgIpc) is 3.99. The fourth-order valence-corrected chi connectivity index (χ4v) is 10.4. The van der Waals surface area contributed by atoms with E-state index in [0.717, 1.165) is 98.1 Å². The molecule has 348 valence electrons. The van der Waals surface area contributed by atoms with E-state index in [9.17, 15) is 19.5 Å². The van der Waals surface area contributed by atoms with Crippen molar-refractivity contribution in [3.8, 4) is 0 Å². The van der Waals surface area contributed by atoms with E-state index in [-0.39, 0.29) is 43.2 Å². The van der Waals surface area contributed by atoms with E-state index in [1.807, 2.05) is 26.0 Å². The van der Waals surface area contributed by atoms with Gasteiger partial charge in [0.1, 0.15) is 12.5 Å². The minimum absolute atomic E-state index is 0.124. The molecule has 1 saturated heterocycles. The lowest BCUT2D eigenvalue weighted by molar-refractivity contribution is -0.143. The van der Waals surface area contributed by atoms with Crippen LogP contribution in [0.3, 0.4) is 0 Å². The second-order valence-corrected chi connectivity index (χ2v) is 19.7. The minimum Gasteiger partial charge on any atom is -0.468 e. The summed E-state index contributed by atoms with van der Waals surface area (Å²) in [5.74, 6) is -0.424. The minimum atomic E-state index is -1.16. The lowest BCUT2D eigenvalue weighted by atomic mass is 9.85. The van der Waals surface area contributed by atoms with Crippen LogP contribution in [0.1, 0.15) is 180 Å². The number of fused-ring (bicyclic) bond motifs is 7. The molecule has 10 nitrogen and oxygen atoms in total. The van der Waals surface area contributed by atoms with Crippen molar-refractivity contribution in [1.29, 1.82) is 0 Å². The van der Waals surface area contributed by atoms with Crippen molar-refractivity contribution >= 4 is 41.5 Å². The molecular weight excluding hydrogens is 801 g/mol. The first kappa shape index (κ1) is 48.6. The van der Waals surface area contributed by atoms with E-state index < -0.39 is 11.9 Å². The summed E-state index contributed by atoms with van der Waals surface area (Å²) in [7, 11) is 1.31. The maximum atomic E-state index is 14.4. The van der Waals surface area contributed by atoms with Gasteiger partial charge in [0, 0.05) is 74.1 Å². The van der Waals surface area contributed by atoms with Crippen molar-refractivity contribution in [2.45, 2.75) is 153 Å². The number of hydrogen-bond donors (Lipinski definition) is 5. The summed E-state index contributed by atoms with van der Waals surface area (Å²) in [5.41, 5.74) is 11.7. The molecule has 5 atom stereocenters. The van der Waals surface area contributed by atoms with Crippen molar-refractivity contribution in [3.63, 3.8) is 0 Å². The van der Waals surface area contributed by atoms with Crippen LogP contribution in [0.5, 0.6) is 0 Å². The largest absolute Gasteiger partial charge is 0.468 e. The summed E-state index contributed by atoms with van der Waals surface area (Å²) in [5, 5.41) is 16.1. The van der Waals surface area contributed by atoms with Crippen LogP contribution in [0.4, 0.5) is 0 Å². The number of Topliss-reactive ketones (excluding diaryl/α,β-unsaturated/α-hetero) is 1. The first-order valence-electron chi connectivity index (χ1n) is 24.2. The predicted octanol–water partition coefficient (Wildman–Crippen LogP) is 9.92. The fraction of sp³-hybridized carbons (Fsp3) is 0.574. The summed E-state index contributed by atoms with van der Waals surface area (Å²) < 4.78 is 11.1. The highest BCUT2D eigenvalue weighted by molar-refractivity contribution is 6.24. The van der Waals surface area contributed by atoms with Gasteiger partial charge in [-0.3, -0.25) is 14.4 Å². The molecule has 1 aliphatic carbocycles. The molecule has 6 rings (SSSR count). The van der Waals surface area contributed by atoms with Gasteiger partial charge in [-0.05, 0) is 118 Å². The van der Waals surface area contributed by atoms with Gasteiger partial charge in [-0.1, -0.05) is 92.1 Å². The number of H-pyrrole nitrogens is 3. The number of methoxy groups -OCH3 is 1. The highest BCUT2D eigenvalue weighted by Gasteiger charge is 2.48. The lowest BCUT2D eigenvalue weighted by Gasteiger charge is -2.19. The van der Waals surface area contributed by atoms with Gasteiger partial charge in [-0.25, -0.2) is 0 Å². The monoisotopic (exact) mass is 877 g/mol. The standard InChI is InChI=1S/C54H76N4O6/c1-12-38-34(7)42-27-46-40(29-59)36(9)41(56-46)26-43-35(8)39(51(57-43)49-50(54(62)63-11)53(61)48-37(10)44(58-52(48)49)28-45(38)55-42)22-23-47(60)64-25-24-33(6)21-15-20-32(5)19-14-18-31(4)17-13-16-30(2)3/h24,26-28,30-32,35,39,50,55-59H,12-23,25,29H2,1-11H3/b33-24+,42-27-,43-26-,45-28-,51-49-/t31-,32-,35+,39+,50-/m1/s1. The zero-order chi connectivity index (χ0) is 46.4. The summed E-state index contributed by atoms with van der Waals surface area (Å²) in [6.07, 6.45) is 20.9. The van der Waals surface area contributed by atoms with Crippen LogP contribution in [0.25, 0.3) is 23.8 Å². The fourth-order valence-electron chi connectivity index (χ4n) is 10.4. The van der Waals surface area contributed by atoms with E-state index in [1.165, 1.54) is 57.6 Å². The van der Waals surface area contributed by atoms with Gasteiger partial charge in [-0.15, -0.1) is 0 Å². The summed E-state index contributed by atoms with van der Waals surface area (Å²) >= 11 is 0. The topological polar surface area (TPSA) is 149 Å². The van der Waals surface area contributed by atoms with Crippen LogP contribution in [-0.4, -0.2) is 51.5 Å². The Morgan fingerprint density at radius 2 is 1.47 bits per heavy atom. The number of nitrogens with one attached hydrogen (secondary N) is 4. The molecule has 0 radical (unpaired) electrons. The summed E-state index contributed by atoms with van der Waals surface area (Å²) in [6.45, 7) is 21.9. The van der Waals surface area contributed by atoms with Crippen molar-refractivity contribution in [3.05, 3.63) is 89.9 Å². The Labute approximate surface area is 381 Å². The third kappa shape index (κ3) is 10.6. The number of carbonyl (C=O) groups is 3. The molecular formula is C54H76N4O6. The average molecular weight is 877 g/mol. The Bertz CT molecular complexity index is 2420. The van der Waals surface area contributed by atoms with E-state index in [0.29, 0.717) is 29.2 Å². The maximum absolute atomic E-state index is 14.4. The summed E-state index contributed by atoms with van der Waals surface area (Å²) in [6, 6.07) is 0. The number of rotatable bonds is 20. The van der Waals surface area contributed by atoms with Gasteiger partial charge in [0.25, 0.3) is 0 Å². The van der Waals surface area contributed by atoms with Crippen molar-refractivity contribution < 1.29 is 29.0 Å². The maximum Gasteiger partial charge on any atom is 0.321 e. The smallest absolute Gasteiger partial charge is 0.321 e. The van der Waals surface area contributed by atoms with Crippen molar-refractivity contribution in [1.82, 2.24) is 20.3 Å². The van der Waals surface area contributed by atoms with Crippen LogP contribution in [0.2, 0.25) is 0 Å². The molecule has 64 heavy (non-hydrogen) atoms. The number of carbonyl (C=O) groups excluding carboxylic acids is 3. The molecule has 5 heterocycles. The van der Waals surface area contributed by atoms with Gasteiger partial charge in [0.15, 0.2) is 5.78 Å². The van der Waals surface area contributed by atoms with Crippen LogP contribution in [0.15, 0.2) is 23.0 Å². The van der Waals surface area contributed by atoms with Crippen LogP contribution < -0.4 is 16.0 Å². The molecule has 0 aromatic carbocycles. The molecule has 8 bridgehead atoms. The molecule has 5 N–H and O–H groups in total. The molecule has 0 amide bonds. The first-order chi connectivity index (χ1) is 30.6. The lowest BCUT2D eigenvalue weighted by Crippen LogP contribution is -2.25. The Morgan fingerprint density at radius 1 is 0.812 bits per heavy atom. The second kappa shape index (κ2) is 21.4. The molecule has 2 aliphatic heterocycles. The van der Waals surface area contributed by atoms with Gasteiger partial charge in [0.2, 0.25) is 0 Å². The third-order valence-corrected chi connectivity index (χ3v) is 14.6. The number of esters is 2. The van der Waals surface area contributed by atoms with E-state index in [1.54, 1.807) is 0 Å². The highest BCUT2D eigenvalue weighted by Crippen LogP contribution is 2.48. The quantitative estimate of drug-likeness (QED) is 0.0431. The number of aliphatic hydroxyl groups is 1. The summed E-state index contributed by atoms with van der Waals surface area (Å²) in [4.78, 5) is 52.2. The molecule has 3 aromatic rings. The first-order valence-corrected chi connectivity index (χ1v) is 24.2. The molecule has 1 fully saturated rings. The number of ketones is 1. The Balaban J connectivity index is 1.21.